The van der Waals surface area contributed by atoms with Crippen LogP contribution in [0, 0.1) is 0 Å². The summed E-state index contributed by atoms with van der Waals surface area (Å²) in [5.41, 5.74) is 1.99. The van der Waals surface area contributed by atoms with Crippen LogP contribution in [-0.2, 0) is 21.2 Å². The van der Waals surface area contributed by atoms with E-state index in [1.807, 2.05) is 20.2 Å². The van der Waals surface area contributed by atoms with Crippen LogP contribution in [0.5, 0.6) is 5.75 Å². The highest BCUT2D eigenvalue weighted by Crippen LogP contribution is 2.42. The summed E-state index contributed by atoms with van der Waals surface area (Å²) in [5.74, 6) is 0.578. The van der Waals surface area contributed by atoms with Gasteiger partial charge in [-0.05, 0) is 62.5 Å². The molecule has 3 rings (SSSR count). The average Bonchev–Trinajstić information content (AvgIpc) is 3.05. The molecule has 0 aliphatic heterocycles. The molecule has 0 aromatic heterocycles. The zero-order valence-corrected chi connectivity index (χ0v) is 19.8. The minimum atomic E-state index is -3.58. The molecular weight excluding hydrogens is 447 g/mol. The highest BCUT2D eigenvalue weighted by molar-refractivity contribution is 7.89. The van der Waals surface area contributed by atoms with Crippen molar-refractivity contribution in [1.82, 2.24) is 9.21 Å². The molecule has 6 nitrogen and oxygen atoms in total. The lowest BCUT2D eigenvalue weighted by molar-refractivity contribution is 0.111. The third-order valence-electron chi connectivity index (χ3n) is 5.33. The van der Waals surface area contributed by atoms with Gasteiger partial charge in [-0.25, -0.2) is 8.42 Å². The molecule has 0 amide bonds. The van der Waals surface area contributed by atoms with Crippen molar-refractivity contribution in [3.05, 3.63) is 57.6 Å². The Kier molecular flexibility index (Phi) is 7.32. The number of benzene rings is 2. The van der Waals surface area contributed by atoms with Gasteiger partial charge in [0.25, 0.3) is 0 Å². The Balaban J connectivity index is 1.84. The minimum Gasteiger partial charge on any atom is -0.484 e. The first-order chi connectivity index (χ1) is 14.1. The predicted octanol–water partition coefficient (Wildman–Crippen LogP) is 3.87. The molecule has 0 radical (unpaired) electrons. The normalized spacial score (nSPS) is 18.8. The van der Waals surface area contributed by atoms with Crippen LogP contribution in [0.2, 0.25) is 10.0 Å². The maximum atomic E-state index is 12.7. The first-order valence-corrected chi connectivity index (χ1v) is 11.7. The lowest BCUT2D eigenvalue weighted by Gasteiger charge is -2.27. The highest BCUT2D eigenvalue weighted by Gasteiger charge is 2.37. The Bertz CT molecular complexity index is 997. The van der Waals surface area contributed by atoms with E-state index in [9.17, 15) is 8.42 Å². The van der Waals surface area contributed by atoms with Crippen molar-refractivity contribution in [2.45, 2.75) is 23.5 Å². The molecule has 0 heterocycles. The van der Waals surface area contributed by atoms with Gasteiger partial charge in [0.05, 0.1) is 17.5 Å². The van der Waals surface area contributed by atoms with E-state index in [1.54, 1.807) is 30.3 Å². The third-order valence-corrected chi connectivity index (χ3v) is 7.76. The second kappa shape index (κ2) is 9.42. The number of methoxy groups -OCH3 is 1. The lowest BCUT2D eigenvalue weighted by atomic mass is 10.1. The Morgan fingerprint density at radius 3 is 2.37 bits per heavy atom. The molecule has 2 aromatic rings. The SMILES string of the molecule is COCCN(C)S(=O)(=O)c1ccc(O[C@H]2c3cc(Cl)cc(Cl)c3C[C@@H]2N(C)C)cc1. The molecule has 2 aromatic carbocycles. The highest BCUT2D eigenvalue weighted by atomic mass is 35.5. The fourth-order valence-corrected chi connectivity index (χ4v) is 5.31. The number of ether oxygens (including phenoxy) is 2. The predicted molar refractivity (Wildman–Crippen MR) is 119 cm³/mol. The molecule has 0 bridgehead atoms. The van der Waals surface area contributed by atoms with E-state index < -0.39 is 10.0 Å². The van der Waals surface area contributed by atoms with E-state index in [2.05, 4.69) is 4.90 Å². The second-order valence-corrected chi connectivity index (χ2v) is 10.4. The maximum absolute atomic E-state index is 12.7. The summed E-state index contributed by atoms with van der Waals surface area (Å²) in [6.45, 7) is 0.608. The average molecular weight is 473 g/mol. The van der Waals surface area contributed by atoms with Crippen molar-refractivity contribution in [3.63, 3.8) is 0 Å². The quantitative estimate of drug-likeness (QED) is 0.583. The summed E-state index contributed by atoms with van der Waals surface area (Å²) in [6.07, 6.45) is 0.484. The summed E-state index contributed by atoms with van der Waals surface area (Å²) in [4.78, 5) is 2.30. The molecule has 30 heavy (non-hydrogen) atoms. The fourth-order valence-electron chi connectivity index (χ4n) is 3.57. The van der Waals surface area contributed by atoms with Crippen molar-refractivity contribution >= 4 is 33.2 Å². The van der Waals surface area contributed by atoms with Crippen LogP contribution in [-0.4, -0.2) is 65.1 Å². The number of hydrogen-bond donors (Lipinski definition) is 0. The summed E-state index contributed by atoms with van der Waals surface area (Å²) >= 11 is 12.6. The molecule has 9 heteroatoms. The molecule has 2 atom stereocenters. The van der Waals surface area contributed by atoms with E-state index in [4.69, 9.17) is 32.7 Å². The van der Waals surface area contributed by atoms with Gasteiger partial charge >= 0.3 is 0 Å². The third kappa shape index (κ3) is 4.77. The molecule has 0 fully saturated rings. The topological polar surface area (TPSA) is 59.1 Å². The van der Waals surface area contributed by atoms with Gasteiger partial charge in [-0.1, -0.05) is 23.2 Å². The lowest BCUT2D eigenvalue weighted by Crippen LogP contribution is -2.34. The zero-order chi connectivity index (χ0) is 22.1. The molecule has 0 spiro atoms. The number of rotatable bonds is 8. The molecule has 0 saturated carbocycles. The van der Waals surface area contributed by atoms with Gasteiger partial charge in [-0.2, -0.15) is 4.31 Å². The minimum absolute atomic E-state index is 0.0829. The van der Waals surface area contributed by atoms with E-state index >= 15 is 0 Å². The van der Waals surface area contributed by atoms with Crippen LogP contribution in [0.3, 0.4) is 0 Å². The van der Waals surface area contributed by atoms with Crippen molar-refractivity contribution in [2.24, 2.45) is 0 Å². The van der Waals surface area contributed by atoms with Crippen LogP contribution in [0.15, 0.2) is 41.3 Å². The Morgan fingerprint density at radius 2 is 1.77 bits per heavy atom. The van der Waals surface area contributed by atoms with Gasteiger partial charge in [0.2, 0.25) is 10.0 Å². The van der Waals surface area contributed by atoms with E-state index in [0.717, 1.165) is 17.5 Å². The summed E-state index contributed by atoms with van der Waals surface area (Å²) in [6, 6.07) is 10.2. The maximum Gasteiger partial charge on any atom is 0.242 e. The van der Waals surface area contributed by atoms with E-state index in [-0.39, 0.29) is 23.6 Å². The first kappa shape index (κ1) is 23.3. The van der Waals surface area contributed by atoms with Crippen LogP contribution in [0.4, 0.5) is 0 Å². The van der Waals surface area contributed by atoms with Gasteiger partial charge < -0.3 is 14.4 Å². The van der Waals surface area contributed by atoms with Crippen LogP contribution in [0.25, 0.3) is 0 Å². The van der Waals surface area contributed by atoms with Gasteiger partial charge in [-0.3, -0.25) is 0 Å². The fraction of sp³-hybridized carbons (Fsp3) is 0.429. The van der Waals surface area contributed by atoms with Gasteiger partial charge in [0, 0.05) is 36.3 Å². The number of halogens is 2. The molecule has 1 aliphatic rings. The second-order valence-electron chi connectivity index (χ2n) is 7.52. The van der Waals surface area contributed by atoms with Gasteiger partial charge in [0.1, 0.15) is 11.9 Å². The van der Waals surface area contributed by atoms with E-state index in [1.165, 1.54) is 18.5 Å². The van der Waals surface area contributed by atoms with Crippen molar-refractivity contribution in [2.75, 3.05) is 41.4 Å². The number of nitrogens with zero attached hydrogens (tertiary/aromatic N) is 2. The van der Waals surface area contributed by atoms with E-state index in [0.29, 0.717) is 22.4 Å². The van der Waals surface area contributed by atoms with Crippen molar-refractivity contribution < 1.29 is 17.9 Å². The Labute approximate surface area is 188 Å². The van der Waals surface area contributed by atoms with Gasteiger partial charge in [-0.15, -0.1) is 0 Å². The smallest absolute Gasteiger partial charge is 0.242 e. The number of fused-ring (bicyclic) bond motifs is 1. The summed E-state index contributed by atoms with van der Waals surface area (Å²) < 4.78 is 37.9. The molecular formula is C21H26Cl2N2O4S. The molecule has 0 saturated heterocycles. The largest absolute Gasteiger partial charge is 0.484 e. The number of sulfonamides is 1. The number of likely N-dealkylation sites (N-methyl/N-ethyl adjacent to an activating group) is 2. The van der Waals surface area contributed by atoms with Crippen molar-refractivity contribution in [1.29, 1.82) is 0 Å². The Hall–Kier alpha value is -1.35. The summed E-state index contributed by atoms with van der Waals surface area (Å²) in [5, 5.41) is 1.20. The standard InChI is InChI=1S/C21H26Cl2N2O4S/c1-24(2)20-13-17-18(11-14(22)12-19(17)23)21(20)29-15-5-7-16(8-6-15)30(26,27)25(3)9-10-28-4/h5-8,11-12,20-21H,9-10,13H2,1-4H3/t20-,21-/m0/s1. The van der Waals surface area contributed by atoms with Crippen LogP contribution < -0.4 is 4.74 Å². The summed E-state index contributed by atoms with van der Waals surface area (Å²) in [7, 11) is 3.47. The van der Waals surface area contributed by atoms with Gasteiger partial charge in [0.15, 0.2) is 0 Å². The molecule has 1 aliphatic carbocycles. The zero-order valence-electron chi connectivity index (χ0n) is 17.4. The first-order valence-electron chi connectivity index (χ1n) is 9.51. The number of hydrogen-bond acceptors (Lipinski definition) is 5. The van der Waals surface area contributed by atoms with Crippen molar-refractivity contribution in [3.8, 4) is 5.75 Å². The molecule has 0 N–H and O–H groups in total. The Morgan fingerprint density at radius 1 is 1.10 bits per heavy atom. The molecule has 164 valence electrons. The van der Waals surface area contributed by atoms with Crippen LogP contribution >= 0.6 is 23.2 Å². The molecule has 0 unspecified atom stereocenters. The van der Waals surface area contributed by atoms with Crippen LogP contribution in [0.1, 0.15) is 17.2 Å². The monoisotopic (exact) mass is 472 g/mol.